The molecule has 0 spiro atoms. The molecule has 0 aromatic carbocycles. The van der Waals surface area contributed by atoms with Crippen molar-refractivity contribution in [3.05, 3.63) is 0 Å². The van der Waals surface area contributed by atoms with E-state index in [9.17, 15) is 4.79 Å². The number of nitrogens with one attached hydrogen (secondary N) is 1. The molecular formula is C9H14N2O2. The molecule has 1 amide bonds. The third kappa shape index (κ3) is 0.981. The normalized spacial score (nSPS) is 42.9. The number of carbonyl (C=O) groups is 1. The van der Waals surface area contributed by atoms with Gasteiger partial charge in [0.1, 0.15) is 6.61 Å². The topological polar surface area (TPSA) is 41.6 Å². The average molecular weight is 182 g/mol. The molecule has 2 bridgehead atoms. The minimum atomic E-state index is -0.0957. The van der Waals surface area contributed by atoms with Crippen LogP contribution >= 0.6 is 0 Å². The summed E-state index contributed by atoms with van der Waals surface area (Å²) in [5, 5.41) is 3.37. The van der Waals surface area contributed by atoms with Gasteiger partial charge < -0.3 is 15.0 Å². The minimum absolute atomic E-state index is 0.0957. The van der Waals surface area contributed by atoms with Crippen LogP contribution in [0.5, 0.6) is 0 Å². The lowest BCUT2D eigenvalue weighted by atomic mass is 9.66. The van der Waals surface area contributed by atoms with Crippen LogP contribution in [-0.4, -0.2) is 43.3 Å². The highest BCUT2D eigenvalue weighted by atomic mass is 16.6. The first-order valence-corrected chi connectivity index (χ1v) is 5.00. The summed E-state index contributed by atoms with van der Waals surface area (Å²) < 4.78 is 4.95. The van der Waals surface area contributed by atoms with E-state index in [-0.39, 0.29) is 6.09 Å². The number of cyclic esters (lactones) is 1. The molecule has 4 heteroatoms. The number of piperidine rings is 2. The molecule has 1 saturated carbocycles. The Bertz CT molecular complexity index is 230. The predicted molar refractivity (Wildman–Crippen MR) is 46.3 cm³/mol. The molecule has 0 aromatic rings. The number of carbonyl (C=O) groups excluding carboxylic acids is 1. The lowest BCUT2D eigenvalue weighted by Gasteiger charge is -2.52. The van der Waals surface area contributed by atoms with Crippen LogP contribution in [0.2, 0.25) is 0 Å². The summed E-state index contributed by atoms with van der Waals surface area (Å²) in [6.07, 6.45) is 1.20. The Morgan fingerprint density at radius 2 is 2.15 bits per heavy atom. The summed E-state index contributed by atoms with van der Waals surface area (Å²) in [6.45, 7) is 3.54. The van der Waals surface area contributed by atoms with Gasteiger partial charge in [0, 0.05) is 6.04 Å². The summed E-state index contributed by atoms with van der Waals surface area (Å²) in [6, 6.07) is 0.483. The Morgan fingerprint density at radius 3 is 2.69 bits per heavy atom. The second kappa shape index (κ2) is 2.61. The highest BCUT2D eigenvalue weighted by Gasteiger charge is 2.49. The maximum Gasteiger partial charge on any atom is 0.410 e. The van der Waals surface area contributed by atoms with E-state index in [2.05, 4.69) is 5.32 Å². The Morgan fingerprint density at radius 1 is 1.38 bits per heavy atom. The summed E-state index contributed by atoms with van der Waals surface area (Å²) in [4.78, 5) is 13.3. The van der Waals surface area contributed by atoms with Crippen LogP contribution in [0.4, 0.5) is 4.79 Å². The molecule has 13 heavy (non-hydrogen) atoms. The Labute approximate surface area is 77.2 Å². The third-order valence-electron chi connectivity index (χ3n) is 3.54. The molecule has 2 unspecified atom stereocenters. The van der Waals surface area contributed by atoms with Crippen LogP contribution in [0, 0.1) is 11.8 Å². The number of rotatable bonds is 1. The Hall–Kier alpha value is -0.770. The van der Waals surface area contributed by atoms with Crippen molar-refractivity contribution in [1.29, 1.82) is 0 Å². The van der Waals surface area contributed by atoms with Crippen LogP contribution in [0.15, 0.2) is 0 Å². The van der Waals surface area contributed by atoms with Gasteiger partial charge in [-0.3, -0.25) is 0 Å². The van der Waals surface area contributed by atoms with Gasteiger partial charge in [0.15, 0.2) is 0 Å². The summed E-state index contributed by atoms with van der Waals surface area (Å²) >= 11 is 0. The standard InChI is InChI=1S/C9H14N2O2/c12-9-11(1-2-13-9)8-6-3-7(8)5-10-4-6/h6-8,10H,1-5H2. The first-order valence-electron chi connectivity index (χ1n) is 5.00. The van der Waals surface area contributed by atoms with E-state index in [0.717, 1.165) is 19.6 Å². The van der Waals surface area contributed by atoms with E-state index >= 15 is 0 Å². The monoisotopic (exact) mass is 182 g/mol. The van der Waals surface area contributed by atoms with Gasteiger partial charge in [-0.1, -0.05) is 0 Å². The van der Waals surface area contributed by atoms with Crippen molar-refractivity contribution < 1.29 is 9.53 Å². The zero-order valence-electron chi connectivity index (χ0n) is 7.53. The van der Waals surface area contributed by atoms with Gasteiger partial charge in [-0.2, -0.15) is 0 Å². The van der Waals surface area contributed by atoms with Crippen LogP contribution in [0.25, 0.3) is 0 Å². The fourth-order valence-corrected chi connectivity index (χ4v) is 2.90. The summed E-state index contributed by atoms with van der Waals surface area (Å²) in [5.41, 5.74) is 0. The van der Waals surface area contributed by atoms with Crippen molar-refractivity contribution in [1.82, 2.24) is 10.2 Å². The smallest absolute Gasteiger partial charge is 0.410 e. The number of hydrogen-bond donors (Lipinski definition) is 1. The molecule has 1 N–H and O–H groups in total. The number of hydrogen-bond acceptors (Lipinski definition) is 3. The number of ether oxygens (including phenoxy) is 1. The molecule has 0 aromatic heterocycles. The Balaban J connectivity index is 1.75. The molecule has 4 nitrogen and oxygen atoms in total. The van der Waals surface area contributed by atoms with Crippen LogP contribution < -0.4 is 5.32 Å². The van der Waals surface area contributed by atoms with Gasteiger partial charge in [-0.15, -0.1) is 0 Å². The second-order valence-electron chi connectivity index (χ2n) is 4.21. The molecule has 0 radical (unpaired) electrons. The first-order chi connectivity index (χ1) is 6.36. The van der Waals surface area contributed by atoms with E-state index in [0.29, 0.717) is 24.5 Å². The molecule has 3 rings (SSSR count). The van der Waals surface area contributed by atoms with Crippen molar-refractivity contribution in [2.45, 2.75) is 12.5 Å². The highest BCUT2D eigenvalue weighted by molar-refractivity contribution is 5.70. The van der Waals surface area contributed by atoms with Crippen molar-refractivity contribution in [3.8, 4) is 0 Å². The zero-order chi connectivity index (χ0) is 8.84. The average Bonchev–Trinajstić information content (AvgIpc) is 2.54. The van der Waals surface area contributed by atoms with Crippen molar-refractivity contribution in [2.75, 3.05) is 26.2 Å². The largest absolute Gasteiger partial charge is 0.448 e. The van der Waals surface area contributed by atoms with E-state index in [1.54, 1.807) is 0 Å². The lowest BCUT2D eigenvalue weighted by molar-refractivity contribution is 0.00116. The van der Waals surface area contributed by atoms with E-state index in [1.165, 1.54) is 6.42 Å². The van der Waals surface area contributed by atoms with E-state index in [1.807, 2.05) is 4.90 Å². The third-order valence-corrected chi connectivity index (χ3v) is 3.54. The van der Waals surface area contributed by atoms with Crippen LogP contribution in [0.1, 0.15) is 6.42 Å². The minimum Gasteiger partial charge on any atom is -0.448 e. The number of nitrogens with zero attached hydrogens (tertiary/aromatic N) is 1. The zero-order valence-corrected chi connectivity index (χ0v) is 7.53. The van der Waals surface area contributed by atoms with Gasteiger partial charge in [0.25, 0.3) is 0 Å². The van der Waals surface area contributed by atoms with Crippen LogP contribution in [-0.2, 0) is 4.74 Å². The molecule has 2 atom stereocenters. The van der Waals surface area contributed by atoms with E-state index in [4.69, 9.17) is 4.74 Å². The van der Waals surface area contributed by atoms with Gasteiger partial charge in [-0.05, 0) is 31.3 Å². The molecule has 2 heterocycles. The van der Waals surface area contributed by atoms with E-state index < -0.39 is 0 Å². The molecule has 2 saturated heterocycles. The quantitative estimate of drug-likeness (QED) is 0.623. The molecule has 1 aliphatic carbocycles. The van der Waals surface area contributed by atoms with Crippen LogP contribution in [0.3, 0.4) is 0 Å². The molecule has 3 aliphatic rings. The SMILES string of the molecule is O=C1OCCN1C1C2CNCC1C2. The molecule has 72 valence electrons. The number of fused-ring (bicyclic) bond motifs is 2. The number of amides is 1. The summed E-state index contributed by atoms with van der Waals surface area (Å²) in [5.74, 6) is 1.37. The first kappa shape index (κ1) is 7.62. The van der Waals surface area contributed by atoms with Crippen molar-refractivity contribution >= 4 is 6.09 Å². The maximum absolute atomic E-state index is 11.3. The summed E-state index contributed by atoms with van der Waals surface area (Å²) in [7, 11) is 0. The van der Waals surface area contributed by atoms with Gasteiger partial charge in [0.05, 0.1) is 6.54 Å². The van der Waals surface area contributed by atoms with Crippen molar-refractivity contribution in [3.63, 3.8) is 0 Å². The predicted octanol–water partition coefficient (Wildman–Crippen LogP) is 0.0465. The molecule has 2 aliphatic heterocycles. The van der Waals surface area contributed by atoms with Gasteiger partial charge in [-0.25, -0.2) is 4.79 Å². The fraction of sp³-hybridized carbons (Fsp3) is 0.889. The molecule has 3 fully saturated rings. The fourth-order valence-electron chi connectivity index (χ4n) is 2.90. The van der Waals surface area contributed by atoms with Gasteiger partial charge in [0.2, 0.25) is 0 Å². The lowest BCUT2D eigenvalue weighted by Crippen LogP contribution is -2.63. The maximum atomic E-state index is 11.3. The second-order valence-corrected chi connectivity index (χ2v) is 4.21. The molecular weight excluding hydrogens is 168 g/mol. The Kier molecular flexibility index (Phi) is 1.53. The highest BCUT2D eigenvalue weighted by Crippen LogP contribution is 2.41. The van der Waals surface area contributed by atoms with Gasteiger partial charge >= 0.3 is 6.09 Å². The van der Waals surface area contributed by atoms with Crippen molar-refractivity contribution in [2.24, 2.45) is 11.8 Å².